The van der Waals surface area contributed by atoms with Crippen LogP contribution < -0.4 is 19.7 Å². The third-order valence-electron chi connectivity index (χ3n) is 5.50. The molecule has 2 aromatic carbocycles. The number of anilines is 1. The second kappa shape index (κ2) is 10.7. The van der Waals surface area contributed by atoms with Gasteiger partial charge >= 0.3 is 0 Å². The van der Waals surface area contributed by atoms with Gasteiger partial charge in [-0.25, -0.2) is 8.42 Å². The van der Waals surface area contributed by atoms with Crippen LogP contribution in [0.15, 0.2) is 48.5 Å². The molecule has 0 spiro atoms. The first-order chi connectivity index (χ1) is 15.7. The van der Waals surface area contributed by atoms with Crippen molar-refractivity contribution in [2.45, 2.75) is 33.2 Å². The Labute approximate surface area is 195 Å². The van der Waals surface area contributed by atoms with Gasteiger partial charge in [0.05, 0.1) is 18.0 Å². The fourth-order valence-corrected chi connectivity index (χ4v) is 5.18. The van der Waals surface area contributed by atoms with Crippen LogP contribution in [0.4, 0.5) is 5.69 Å². The minimum absolute atomic E-state index is 0.0397. The molecule has 0 aromatic heterocycles. The molecule has 1 heterocycles. The van der Waals surface area contributed by atoms with E-state index in [0.717, 1.165) is 5.56 Å². The molecule has 8 nitrogen and oxygen atoms in total. The molecule has 2 aromatic rings. The Bertz CT molecular complexity index is 1080. The van der Waals surface area contributed by atoms with E-state index in [1.165, 1.54) is 4.31 Å². The quantitative estimate of drug-likeness (QED) is 0.551. The van der Waals surface area contributed by atoms with Crippen molar-refractivity contribution in [2.24, 2.45) is 5.92 Å². The number of sulfonamides is 1. The average molecular weight is 474 g/mol. The zero-order valence-electron chi connectivity index (χ0n) is 19.2. The minimum Gasteiger partial charge on any atom is -0.494 e. The van der Waals surface area contributed by atoms with Crippen molar-refractivity contribution in [3.05, 3.63) is 59.7 Å². The lowest BCUT2D eigenvalue weighted by Gasteiger charge is -2.23. The normalized spacial score (nSPS) is 14.0. The summed E-state index contributed by atoms with van der Waals surface area (Å²) in [5.74, 6) is -0.535. The number of amides is 2. The monoisotopic (exact) mass is 473 g/mol. The number of carbonyl (C=O) groups is 2. The number of hydrogen-bond donors (Lipinski definition) is 2. The maximum Gasteiger partial charge on any atom is 0.251 e. The molecule has 178 valence electrons. The standard InChI is InChI=1S/C24H31N3O5S/c1-4-32-20-11-9-19(10-12-20)23(28)26-22(17(2)3)24(29)25-14-16-33(30,31)27-15-13-18-7-5-6-8-21(18)27/h5-12,17,22H,4,13-16H2,1-3H3,(H,25,29)(H,26,28). The van der Waals surface area contributed by atoms with Gasteiger partial charge in [0.2, 0.25) is 15.9 Å². The molecule has 1 aliphatic rings. The number of hydrogen-bond acceptors (Lipinski definition) is 5. The molecule has 33 heavy (non-hydrogen) atoms. The molecule has 0 radical (unpaired) electrons. The molecular formula is C24H31N3O5S. The van der Waals surface area contributed by atoms with E-state index in [1.54, 1.807) is 30.3 Å². The average Bonchev–Trinajstić information content (AvgIpc) is 3.23. The van der Waals surface area contributed by atoms with Crippen LogP contribution in [0.3, 0.4) is 0 Å². The Hall–Kier alpha value is -3.07. The van der Waals surface area contributed by atoms with E-state index >= 15 is 0 Å². The number of carbonyl (C=O) groups excluding carboxylic acids is 2. The van der Waals surface area contributed by atoms with Crippen LogP contribution in [0, 0.1) is 5.92 Å². The van der Waals surface area contributed by atoms with Gasteiger partial charge in [-0.1, -0.05) is 32.0 Å². The summed E-state index contributed by atoms with van der Waals surface area (Å²) < 4.78 is 32.4. The van der Waals surface area contributed by atoms with Gasteiger partial charge in [-0.05, 0) is 55.2 Å². The molecule has 0 aliphatic carbocycles. The Morgan fingerprint density at radius 2 is 1.79 bits per heavy atom. The first kappa shape index (κ1) is 24.6. The van der Waals surface area contributed by atoms with Crippen molar-refractivity contribution in [3.8, 4) is 5.75 Å². The Morgan fingerprint density at radius 1 is 1.09 bits per heavy atom. The summed E-state index contributed by atoms with van der Waals surface area (Å²) in [6.07, 6.45) is 0.675. The van der Waals surface area contributed by atoms with Crippen LogP contribution in [0.5, 0.6) is 5.75 Å². The SMILES string of the molecule is CCOc1ccc(C(=O)NC(C(=O)NCCS(=O)(=O)N2CCc3ccccc32)C(C)C)cc1. The Kier molecular flexibility index (Phi) is 7.97. The van der Waals surface area contributed by atoms with Crippen LogP contribution in [-0.2, 0) is 21.2 Å². The third kappa shape index (κ3) is 6.04. The van der Waals surface area contributed by atoms with Crippen molar-refractivity contribution in [2.75, 3.05) is 29.8 Å². The molecule has 9 heteroatoms. The van der Waals surface area contributed by atoms with E-state index in [1.807, 2.05) is 39.0 Å². The number of benzene rings is 2. The van der Waals surface area contributed by atoms with Crippen molar-refractivity contribution in [1.29, 1.82) is 0 Å². The fraction of sp³-hybridized carbons (Fsp3) is 0.417. The maximum absolute atomic E-state index is 12.8. The van der Waals surface area contributed by atoms with Gasteiger partial charge in [0.1, 0.15) is 11.8 Å². The summed E-state index contributed by atoms with van der Waals surface area (Å²) in [7, 11) is -3.57. The predicted molar refractivity (Wildman–Crippen MR) is 128 cm³/mol. The number of rotatable bonds is 10. The van der Waals surface area contributed by atoms with Crippen LogP contribution in [0.25, 0.3) is 0 Å². The molecule has 1 unspecified atom stereocenters. The van der Waals surface area contributed by atoms with E-state index in [0.29, 0.717) is 36.6 Å². The van der Waals surface area contributed by atoms with Gasteiger partial charge in [0.15, 0.2) is 0 Å². The van der Waals surface area contributed by atoms with E-state index in [2.05, 4.69) is 10.6 Å². The van der Waals surface area contributed by atoms with Gasteiger partial charge in [-0.2, -0.15) is 0 Å². The van der Waals surface area contributed by atoms with Gasteiger partial charge < -0.3 is 15.4 Å². The minimum atomic E-state index is -3.57. The molecule has 0 fully saturated rings. The summed E-state index contributed by atoms with van der Waals surface area (Å²) in [4.78, 5) is 25.4. The predicted octanol–water partition coefficient (Wildman–Crippen LogP) is 2.35. The fourth-order valence-electron chi connectivity index (χ4n) is 3.75. The second-order valence-electron chi connectivity index (χ2n) is 8.21. The van der Waals surface area contributed by atoms with Gasteiger partial charge in [-0.3, -0.25) is 13.9 Å². The summed E-state index contributed by atoms with van der Waals surface area (Å²) >= 11 is 0. The summed E-state index contributed by atoms with van der Waals surface area (Å²) in [6.45, 7) is 6.41. The molecule has 1 aliphatic heterocycles. The molecule has 0 bridgehead atoms. The highest BCUT2D eigenvalue weighted by Crippen LogP contribution is 2.29. The van der Waals surface area contributed by atoms with E-state index in [4.69, 9.17) is 4.74 Å². The highest BCUT2D eigenvalue weighted by molar-refractivity contribution is 7.92. The molecule has 0 saturated carbocycles. The zero-order chi connectivity index (χ0) is 24.0. The molecular weight excluding hydrogens is 442 g/mol. The van der Waals surface area contributed by atoms with Crippen LogP contribution in [-0.4, -0.2) is 51.7 Å². The summed E-state index contributed by atoms with van der Waals surface area (Å²) in [6, 6.07) is 13.3. The molecule has 0 saturated heterocycles. The lowest BCUT2D eigenvalue weighted by molar-refractivity contribution is -0.123. The smallest absolute Gasteiger partial charge is 0.251 e. The van der Waals surface area contributed by atoms with Gasteiger partial charge in [0, 0.05) is 18.7 Å². The lowest BCUT2D eigenvalue weighted by Crippen LogP contribution is -2.50. The van der Waals surface area contributed by atoms with E-state index < -0.39 is 22.0 Å². The first-order valence-electron chi connectivity index (χ1n) is 11.1. The summed E-state index contributed by atoms with van der Waals surface area (Å²) in [5, 5.41) is 5.42. The number of nitrogens with one attached hydrogen (secondary N) is 2. The van der Waals surface area contributed by atoms with Crippen molar-refractivity contribution in [1.82, 2.24) is 10.6 Å². The molecule has 2 N–H and O–H groups in total. The van der Waals surface area contributed by atoms with E-state index in [9.17, 15) is 18.0 Å². The van der Waals surface area contributed by atoms with Gasteiger partial charge in [0.25, 0.3) is 5.91 Å². The molecule has 2 amide bonds. The van der Waals surface area contributed by atoms with Crippen LogP contribution in [0.1, 0.15) is 36.7 Å². The van der Waals surface area contributed by atoms with E-state index in [-0.39, 0.29) is 24.1 Å². The topological polar surface area (TPSA) is 105 Å². The number of ether oxygens (including phenoxy) is 1. The van der Waals surface area contributed by atoms with Crippen molar-refractivity contribution in [3.63, 3.8) is 0 Å². The third-order valence-corrected chi connectivity index (χ3v) is 7.27. The second-order valence-corrected chi connectivity index (χ2v) is 10.2. The Balaban J connectivity index is 1.56. The van der Waals surface area contributed by atoms with Crippen molar-refractivity contribution < 1.29 is 22.7 Å². The zero-order valence-corrected chi connectivity index (χ0v) is 20.0. The maximum atomic E-state index is 12.8. The molecule has 1 atom stereocenters. The summed E-state index contributed by atoms with van der Waals surface area (Å²) in [5.41, 5.74) is 2.11. The highest BCUT2D eigenvalue weighted by atomic mass is 32.2. The largest absolute Gasteiger partial charge is 0.494 e. The highest BCUT2D eigenvalue weighted by Gasteiger charge is 2.30. The number of fused-ring (bicyclic) bond motifs is 1. The van der Waals surface area contributed by atoms with Gasteiger partial charge in [-0.15, -0.1) is 0 Å². The number of nitrogens with zero attached hydrogens (tertiary/aromatic N) is 1. The van der Waals surface area contributed by atoms with Crippen molar-refractivity contribution >= 4 is 27.5 Å². The lowest BCUT2D eigenvalue weighted by atomic mass is 10.0. The first-order valence-corrected chi connectivity index (χ1v) is 12.7. The number of para-hydroxylation sites is 1. The molecule has 3 rings (SSSR count). The Morgan fingerprint density at radius 3 is 2.45 bits per heavy atom. The van der Waals surface area contributed by atoms with Crippen LogP contribution >= 0.6 is 0 Å². The van der Waals surface area contributed by atoms with Crippen LogP contribution in [0.2, 0.25) is 0 Å².